The monoisotopic (exact) mass is 223 g/mol. The van der Waals surface area contributed by atoms with Gasteiger partial charge >= 0.3 is 0 Å². The number of rotatable bonds is 1. The fourth-order valence-corrected chi connectivity index (χ4v) is 1.52. The Labute approximate surface area is 90.3 Å². The average molecular weight is 224 g/mol. The molecule has 0 spiro atoms. The number of hydrogen-bond donors (Lipinski definition) is 1. The minimum atomic E-state index is -0.390. The molecule has 1 N–H and O–H groups in total. The van der Waals surface area contributed by atoms with E-state index >= 15 is 0 Å². The number of aromatic nitrogens is 1. The van der Waals surface area contributed by atoms with E-state index in [9.17, 15) is 9.18 Å². The van der Waals surface area contributed by atoms with Crippen LogP contribution in [0.15, 0.2) is 41.3 Å². The standard InChI is InChI=1S/C11H7ClFNO/c12-10-2-1-7(13)5-9(10)11-6-8(15)3-4-14-11/h1-6H,(H,14,15). The van der Waals surface area contributed by atoms with Crippen LogP contribution in [0.3, 0.4) is 0 Å². The Balaban J connectivity index is 2.63. The van der Waals surface area contributed by atoms with Crippen LogP contribution < -0.4 is 5.43 Å². The minimum absolute atomic E-state index is 0.149. The highest BCUT2D eigenvalue weighted by Crippen LogP contribution is 2.25. The van der Waals surface area contributed by atoms with E-state index in [4.69, 9.17) is 11.6 Å². The molecule has 0 radical (unpaired) electrons. The van der Waals surface area contributed by atoms with Gasteiger partial charge in [-0.15, -0.1) is 0 Å². The van der Waals surface area contributed by atoms with Crippen LogP contribution in [0, 0.1) is 5.82 Å². The number of pyridine rings is 1. The zero-order valence-corrected chi connectivity index (χ0v) is 8.38. The summed E-state index contributed by atoms with van der Waals surface area (Å²) in [5.74, 6) is -0.390. The Hall–Kier alpha value is -1.61. The van der Waals surface area contributed by atoms with Crippen LogP contribution in [-0.2, 0) is 0 Å². The van der Waals surface area contributed by atoms with Gasteiger partial charge in [-0.25, -0.2) is 4.39 Å². The minimum Gasteiger partial charge on any atom is -0.361 e. The summed E-state index contributed by atoms with van der Waals surface area (Å²) < 4.78 is 13.0. The van der Waals surface area contributed by atoms with Gasteiger partial charge in [-0.1, -0.05) is 11.6 Å². The first-order valence-corrected chi connectivity index (χ1v) is 4.69. The van der Waals surface area contributed by atoms with Gasteiger partial charge in [-0.05, 0) is 18.2 Å². The molecule has 1 aromatic heterocycles. The number of aromatic amines is 1. The van der Waals surface area contributed by atoms with Crippen molar-refractivity contribution in [2.75, 3.05) is 0 Å². The van der Waals surface area contributed by atoms with Crippen molar-refractivity contribution in [2.24, 2.45) is 0 Å². The van der Waals surface area contributed by atoms with Gasteiger partial charge in [0.15, 0.2) is 5.43 Å². The highest BCUT2D eigenvalue weighted by molar-refractivity contribution is 6.33. The molecule has 0 amide bonds. The van der Waals surface area contributed by atoms with Crippen molar-refractivity contribution in [2.45, 2.75) is 0 Å². The summed E-state index contributed by atoms with van der Waals surface area (Å²) in [7, 11) is 0. The van der Waals surface area contributed by atoms with Gasteiger partial charge in [0.05, 0.1) is 10.7 Å². The van der Waals surface area contributed by atoms with Gasteiger partial charge in [0, 0.05) is 23.9 Å². The molecule has 2 nitrogen and oxygen atoms in total. The molecule has 1 aromatic carbocycles. The van der Waals surface area contributed by atoms with Crippen LogP contribution in [-0.4, -0.2) is 4.98 Å². The molecule has 4 heteroatoms. The van der Waals surface area contributed by atoms with Gasteiger partial charge in [0.1, 0.15) is 5.82 Å². The molecule has 1 heterocycles. The Bertz CT molecular complexity index is 550. The quantitative estimate of drug-likeness (QED) is 0.792. The molecule has 0 atom stereocenters. The van der Waals surface area contributed by atoms with Gasteiger partial charge in [-0.2, -0.15) is 0 Å². The van der Waals surface area contributed by atoms with Crippen molar-refractivity contribution in [1.82, 2.24) is 4.98 Å². The predicted molar refractivity (Wildman–Crippen MR) is 57.5 cm³/mol. The van der Waals surface area contributed by atoms with Crippen LogP contribution >= 0.6 is 11.6 Å². The van der Waals surface area contributed by atoms with Gasteiger partial charge in [0.25, 0.3) is 0 Å². The third kappa shape index (κ3) is 2.07. The average Bonchev–Trinajstić information content (AvgIpc) is 2.22. The lowest BCUT2D eigenvalue weighted by atomic mass is 10.1. The Morgan fingerprint density at radius 1 is 1.20 bits per heavy atom. The molecule has 0 saturated heterocycles. The van der Waals surface area contributed by atoms with Crippen molar-refractivity contribution >= 4 is 11.6 Å². The molecule has 0 aliphatic carbocycles. The first kappa shape index (κ1) is 9.93. The number of H-pyrrole nitrogens is 1. The molecular weight excluding hydrogens is 217 g/mol. The molecule has 0 saturated carbocycles. The normalized spacial score (nSPS) is 10.3. The van der Waals surface area contributed by atoms with E-state index in [1.54, 1.807) is 0 Å². The topological polar surface area (TPSA) is 32.9 Å². The van der Waals surface area contributed by atoms with Crippen LogP contribution in [0.4, 0.5) is 4.39 Å². The Kier molecular flexibility index (Phi) is 2.56. The van der Waals surface area contributed by atoms with Crippen LogP contribution in [0.5, 0.6) is 0 Å². The number of halogens is 2. The molecule has 0 fully saturated rings. The van der Waals surface area contributed by atoms with Crippen LogP contribution in [0.25, 0.3) is 11.3 Å². The van der Waals surface area contributed by atoms with Crippen molar-refractivity contribution in [1.29, 1.82) is 0 Å². The number of nitrogens with one attached hydrogen (secondary N) is 1. The lowest BCUT2D eigenvalue weighted by molar-refractivity contribution is 0.628. The lowest BCUT2D eigenvalue weighted by Gasteiger charge is -2.03. The molecule has 0 aliphatic rings. The summed E-state index contributed by atoms with van der Waals surface area (Å²) in [6, 6.07) is 6.77. The van der Waals surface area contributed by atoms with E-state index in [0.717, 1.165) is 0 Å². The van der Waals surface area contributed by atoms with Crippen LogP contribution in [0.1, 0.15) is 0 Å². The van der Waals surface area contributed by atoms with E-state index < -0.39 is 0 Å². The zero-order chi connectivity index (χ0) is 10.8. The maximum Gasteiger partial charge on any atom is 0.182 e. The van der Waals surface area contributed by atoms with E-state index in [2.05, 4.69) is 4.98 Å². The van der Waals surface area contributed by atoms with Crippen molar-refractivity contribution in [3.63, 3.8) is 0 Å². The second kappa shape index (κ2) is 3.87. The second-order valence-electron chi connectivity index (χ2n) is 3.06. The number of hydrogen-bond acceptors (Lipinski definition) is 1. The van der Waals surface area contributed by atoms with E-state index in [0.29, 0.717) is 16.3 Å². The van der Waals surface area contributed by atoms with Crippen LogP contribution in [0.2, 0.25) is 5.02 Å². The summed E-state index contributed by atoms with van der Waals surface area (Å²) in [6.07, 6.45) is 1.50. The maximum atomic E-state index is 13.0. The summed E-state index contributed by atoms with van der Waals surface area (Å²) >= 11 is 5.89. The lowest BCUT2D eigenvalue weighted by Crippen LogP contribution is -1.98. The Morgan fingerprint density at radius 3 is 2.73 bits per heavy atom. The molecule has 15 heavy (non-hydrogen) atoms. The van der Waals surface area contributed by atoms with Crippen molar-refractivity contribution < 1.29 is 4.39 Å². The fourth-order valence-electron chi connectivity index (χ4n) is 1.31. The molecule has 0 unspecified atom stereocenters. The summed E-state index contributed by atoms with van der Waals surface area (Å²) in [6.45, 7) is 0. The fraction of sp³-hybridized carbons (Fsp3) is 0. The zero-order valence-electron chi connectivity index (χ0n) is 7.63. The van der Waals surface area contributed by atoms with E-state index in [-0.39, 0.29) is 11.2 Å². The Morgan fingerprint density at radius 2 is 2.00 bits per heavy atom. The summed E-state index contributed by atoms with van der Waals surface area (Å²) in [5, 5.41) is 0.401. The second-order valence-corrected chi connectivity index (χ2v) is 3.47. The molecule has 2 aromatic rings. The highest BCUT2D eigenvalue weighted by atomic mass is 35.5. The molecule has 2 rings (SSSR count). The smallest absolute Gasteiger partial charge is 0.182 e. The SMILES string of the molecule is O=c1cc[nH]c(-c2cc(F)ccc2Cl)c1. The van der Waals surface area contributed by atoms with E-state index in [1.165, 1.54) is 36.5 Å². The van der Waals surface area contributed by atoms with E-state index in [1.807, 2.05) is 0 Å². The van der Waals surface area contributed by atoms with Gasteiger partial charge in [-0.3, -0.25) is 4.79 Å². The molecular formula is C11H7ClFNO. The summed E-state index contributed by atoms with van der Waals surface area (Å²) in [4.78, 5) is 13.9. The van der Waals surface area contributed by atoms with Gasteiger partial charge in [0.2, 0.25) is 0 Å². The molecule has 0 aliphatic heterocycles. The number of benzene rings is 1. The first-order chi connectivity index (χ1) is 7.16. The largest absolute Gasteiger partial charge is 0.361 e. The third-order valence-electron chi connectivity index (χ3n) is 1.99. The first-order valence-electron chi connectivity index (χ1n) is 4.31. The predicted octanol–water partition coefficient (Wildman–Crippen LogP) is 2.83. The molecule has 0 bridgehead atoms. The van der Waals surface area contributed by atoms with Gasteiger partial charge < -0.3 is 4.98 Å². The third-order valence-corrected chi connectivity index (χ3v) is 2.32. The maximum absolute atomic E-state index is 13.0. The highest BCUT2D eigenvalue weighted by Gasteiger charge is 2.05. The molecule has 76 valence electrons. The van der Waals surface area contributed by atoms with Crippen molar-refractivity contribution in [3.05, 3.63) is 57.6 Å². The van der Waals surface area contributed by atoms with Crippen molar-refractivity contribution in [3.8, 4) is 11.3 Å². The summed E-state index contributed by atoms with van der Waals surface area (Å²) in [5.41, 5.74) is 0.838.